The Hall–Kier alpha value is -1.63. The van der Waals surface area contributed by atoms with E-state index in [1.54, 1.807) is 0 Å². The normalized spacial score (nSPS) is 11.0. The summed E-state index contributed by atoms with van der Waals surface area (Å²) in [6, 6.07) is 4.06. The largest absolute Gasteiger partial charge is 0.490 e. The number of hydrogen-bond donors (Lipinski definition) is 1. The molecule has 0 saturated heterocycles. The summed E-state index contributed by atoms with van der Waals surface area (Å²) in [6.45, 7) is 3.82. The van der Waals surface area contributed by atoms with E-state index in [4.69, 9.17) is 4.74 Å². The van der Waals surface area contributed by atoms with Crippen LogP contribution in [0, 0.1) is 10.1 Å². The van der Waals surface area contributed by atoms with Gasteiger partial charge in [-0.25, -0.2) is 0 Å². The molecule has 0 aliphatic carbocycles. The summed E-state index contributed by atoms with van der Waals surface area (Å²) in [5.74, 6) is -0.218. The van der Waals surface area contributed by atoms with Crippen molar-refractivity contribution in [1.29, 1.82) is 0 Å². The molecule has 0 radical (unpaired) electrons. The molecular weight excluding hydrogens is 328 g/mol. The fourth-order valence-corrected chi connectivity index (χ4v) is 2.64. The lowest BCUT2D eigenvalue weighted by molar-refractivity contribution is -0.385. The number of rotatable bonds is 6. The van der Waals surface area contributed by atoms with E-state index in [1.165, 1.54) is 25.3 Å². The Morgan fingerprint density at radius 1 is 1.50 bits per heavy atom. The SMILES string of the molecule is COc1cc(C(=O)NC(C)(C)CCBr)ccc1[N+](=O)[O-]. The molecule has 1 N–H and O–H groups in total. The zero-order chi connectivity index (χ0) is 15.3. The molecule has 1 aromatic rings. The van der Waals surface area contributed by atoms with Gasteiger partial charge in [0.1, 0.15) is 0 Å². The number of carbonyl (C=O) groups excluding carboxylic acids is 1. The lowest BCUT2D eigenvalue weighted by Gasteiger charge is -2.25. The van der Waals surface area contributed by atoms with Crippen molar-refractivity contribution in [3.63, 3.8) is 0 Å². The van der Waals surface area contributed by atoms with Gasteiger partial charge in [-0.15, -0.1) is 0 Å². The van der Waals surface area contributed by atoms with E-state index >= 15 is 0 Å². The summed E-state index contributed by atoms with van der Waals surface area (Å²) >= 11 is 3.33. The van der Waals surface area contributed by atoms with E-state index in [-0.39, 0.29) is 22.9 Å². The molecule has 6 nitrogen and oxygen atoms in total. The number of methoxy groups -OCH3 is 1. The van der Waals surface area contributed by atoms with Gasteiger partial charge in [0.05, 0.1) is 12.0 Å². The van der Waals surface area contributed by atoms with Crippen molar-refractivity contribution >= 4 is 27.5 Å². The third-order valence-electron chi connectivity index (χ3n) is 2.81. The van der Waals surface area contributed by atoms with Gasteiger partial charge >= 0.3 is 5.69 Å². The number of amides is 1. The number of ether oxygens (including phenoxy) is 1. The summed E-state index contributed by atoms with van der Waals surface area (Å²) in [5, 5.41) is 14.4. The molecule has 1 rings (SSSR count). The summed E-state index contributed by atoms with van der Waals surface area (Å²) in [4.78, 5) is 22.4. The fourth-order valence-electron chi connectivity index (χ4n) is 1.65. The van der Waals surface area contributed by atoms with Gasteiger partial charge in [-0.1, -0.05) is 15.9 Å². The van der Waals surface area contributed by atoms with Crippen LogP contribution >= 0.6 is 15.9 Å². The van der Waals surface area contributed by atoms with Crippen LogP contribution < -0.4 is 10.1 Å². The van der Waals surface area contributed by atoms with Crippen LogP contribution in [0.5, 0.6) is 5.75 Å². The second-order valence-electron chi connectivity index (χ2n) is 4.92. The van der Waals surface area contributed by atoms with Crippen molar-refractivity contribution in [1.82, 2.24) is 5.32 Å². The molecule has 110 valence electrons. The monoisotopic (exact) mass is 344 g/mol. The summed E-state index contributed by atoms with van der Waals surface area (Å²) in [5.41, 5.74) is -0.200. The smallest absolute Gasteiger partial charge is 0.310 e. The summed E-state index contributed by atoms with van der Waals surface area (Å²) in [7, 11) is 1.33. The number of halogens is 1. The Morgan fingerprint density at radius 3 is 2.65 bits per heavy atom. The second kappa shape index (κ2) is 6.69. The molecule has 0 atom stereocenters. The predicted octanol–water partition coefficient (Wildman–Crippen LogP) is 2.90. The summed E-state index contributed by atoms with van der Waals surface area (Å²) in [6.07, 6.45) is 0.767. The standard InChI is InChI=1S/C13H17BrN2O4/c1-13(2,6-7-14)15-12(17)9-4-5-10(16(18)19)11(8-9)20-3/h4-5,8H,6-7H2,1-3H3,(H,15,17). The quantitative estimate of drug-likeness (QED) is 0.488. The molecule has 7 heteroatoms. The number of nitrogens with zero attached hydrogens (tertiary/aromatic N) is 1. The van der Waals surface area contributed by atoms with Crippen LogP contribution in [0.2, 0.25) is 0 Å². The average Bonchev–Trinajstić information content (AvgIpc) is 2.36. The Kier molecular flexibility index (Phi) is 5.50. The molecule has 1 amide bonds. The molecule has 20 heavy (non-hydrogen) atoms. The van der Waals surface area contributed by atoms with Gasteiger partial charge in [-0.3, -0.25) is 14.9 Å². The van der Waals surface area contributed by atoms with Crippen molar-refractivity contribution in [3.05, 3.63) is 33.9 Å². The maximum Gasteiger partial charge on any atom is 0.310 e. The van der Waals surface area contributed by atoms with Gasteiger partial charge in [0.2, 0.25) is 0 Å². The van der Waals surface area contributed by atoms with Crippen LogP contribution in [0.25, 0.3) is 0 Å². The van der Waals surface area contributed by atoms with Gasteiger partial charge in [-0.2, -0.15) is 0 Å². The lowest BCUT2D eigenvalue weighted by Crippen LogP contribution is -2.43. The van der Waals surface area contributed by atoms with E-state index in [1.807, 2.05) is 13.8 Å². The molecule has 0 bridgehead atoms. The van der Waals surface area contributed by atoms with Crippen molar-refractivity contribution in [2.75, 3.05) is 12.4 Å². The van der Waals surface area contributed by atoms with E-state index in [0.717, 1.165) is 11.8 Å². The number of benzene rings is 1. The van der Waals surface area contributed by atoms with Gasteiger partial charge < -0.3 is 10.1 Å². The number of hydrogen-bond acceptors (Lipinski definition) is 4. The van der Waals surface area contributed by atoms with Crippen LogP contribution in [-0.2, 0) is 0 Å². The Balaban J connectivity index is 2.97. The van der Waals surface area contributed by atoms with Crippen molar-refractivity contribution in [2.45, 2.75) is 25.8 Å². The first-order chi connectivity index (χ1) is 9.30. The summed E-state index contributed by atoms with van der Waals surface area (Å²) < 4.78 is 4.95. The average molecular weight is 345 g/mol. The number of nitro groups is 1. The Morgan fingerprint density at radius 2 is 2.15 bits per heavy atom. The molecule has 0 aromatic heterocycles. The molecule has 0 unspecified atom stereocenters. The van der Waals surface area contributed by atoms with Gasteiger partial charge in [0.15, 0.2) is 5.75 Å². The minimum Gasteiger partial charge on any atom is -0.490 e. The molecule has 0 saturated carbocycles. The highest BCUT2D eigenvalue weighted by atomic mass is 79.9. The number of alkyl halides is 1. The maximum atomic E-state index is 12.1. The topological polar surface area (TPSA) is 81.5 Å². The second-order valence-corrected chi connectivity index (χ2v) is 5.71. The zero-order valence-corrected chi connectivity index (χ0v) is 13.2. The third kappa shape index (κ3) is 4.19. The molecule has 0 spiro atoms. The van der Waals surface area contributed by atoms with Crippen LogP contribution in [0.4, 0.5) is 5.69 Å². The minimum atomic E-state index is -0.546. The molecule has 0 fully saturated rings. The number of nitro benzene ring substituents is 1. The molecular formula is C13H17BrN2O4. The van der Waals surface area contributed by atoms with Gasteiger partial charge in [-0.05, 0) is 26.3 Å². The van der Waals surface area contributed by atoms with Crippen molar-refractivity contribution in [2.24, 2.45) is 0 Å². The van der Waals surface area contributed by atoms with Gasteiger partial charge in [0, 0.05) is 28.6 Å². The number of carbonyl (C=O) groups is 1. The highest BCUT2D eigenvalue weighted by Crippen LogP contribution is 2.27. The fraction of sp³-hybridized carbons (Fsp3) is 0.462. The van der Waals surface area contributed by atoms with Crippen LogP contribution in [0.1, 0.15) is 30.6 Å². The molecule has 1 aromatic carbocycles. The highest BCUT2D eigenvalue weighted by Gasteiger charge is 2.22. The van der Waals surface area contributed by atoms with E-state index in [0.29, 0.717) is 5.56 Å². The molecule has 0 aliphatic heterocycles. The van der Waals surface area contributed by atoms with Crippen LogP contribution in [-0.4, -0.2) is 28.8 Å². The Bertz CT molecular complexity index is 517. The first-order valence-corrected chi connectivity index (χ1v) is 7.14. The molecule has 0 heterocycles. The van der Waals surface area contributed by atoms with Gasteiger partial charge in [0.25, 0.3) is 5.91 Å². The first kappa shape index (κ1) is 16.4. The van der Waals surface area contributed by atoms with E-state index < -0.39 is 4.92 Å². The zero-order valence-electron chi connectivity index (χ0n) is 11.6. The Labute approximate surface area is 125 Å². The van der Waals surface area contributed by atoms with Crippen molar-refractivity contribution < 1.29 is 14.5 Å². The van der Waals surface area contributed by atoms with Crippen LogP contribution in [0.15, 0.2) is 18.2 Å². The molecule has 0 aliphatic rings. The highest BCUT2D eigenvalue weighted by molar-refractivity contribution is 9.09. The minimum absolute atomic E-state index is 0.0703. The number of nitrogens with one attached hydrogen (secondary N) is 1. The van der Waals surface area contributed by atoms with E-state index in [2.05, 4.69) is 21.2 Å². The first-order valence-electron chi connectivity index (χ1n) is 6.01. The third-order valence-corrected chi connectivity index (χ3v) is 3.21. The lowest BCUT2D eigenvalue weighted by atomic mass is 10.0. The predicted molar refractivity (Wildman–Crippen MR) is 79.6 cm³/mol. The maximum absolute atomic E-state index is 12.1. The van der Waals surface area contributed by atoms with Crippen LogP contribution in [0.3, 0.4) is 0 Å². The van der Waals surface area contributed by atoms with E-state index in [9.17, 15) is 14.9 Å². The van der Waals surface area contributed by atoms with Crippen molar-refractivity contribution in [3.8, 4) is 5.75 Å².